The summed E-state index contributed by atoms with van der Waals surface area (Å²) >= 11 is 4.73. The van der Waals surface area contributed by atoms with Gasteiger partial charge in [-0.05, 0) is 19.5 Å². The van der Waals surface area contributed by atoms with Gasteiger partial charge in [-0.1, -0.05) is 34.2 Å². The van der Waals surface area contributed by atoms with E-state index in [9.17, 15) is 10.1 Å². The summed E-state index contributed by atoms with van der Waals surface area (Å²) in [6.45, 7) is 2.06. The van der Waals surface area contributed by atoms with E-state index in [2.05, 4.69) is 38.4 Å². The van der Waals surface area contributed by atoms with E-state index in [4.69, 9.17) is 0 Å². The SMILES string of the molecule is CCC(NC)c1nnc(-c2cc(Br)cc([N+](=O)[O-])c2)s1. The number of benzene rings is 1. The predicted octanol–water partition coefficient (Wildman–Crippen LogP) is 3.55. The molecule has 8 heteroatoms. The zero-order chi connectivity index (χ0) is 14.7. The largest absolute Gasteiger partial charge is 0.311 e. The average Bonchev–Trinajstić information content (AvgIpc) is 2.89. The number of nitro benzene ring substituents is 1. The number of aromatic nitrogens is 2. The van der Waals surface area contributed by atoms with Gasteiger partial charge >= 0.3 is 0 Å². The second kappa shape index (κ2) is 6.38. The van der Waals surface area contributed by atoms with Crippen LogP contribution >= 0.6 is 27.3 Å². The molecule has 2 aromatic rings. The van der Waals surface area contributed by atoms with E-state index in [0.29, 0.717) is 15.0 Å². The number of nitrogens with one attached hydrogen (secondary N) is 1. The number of non-ortho nitro benzene ring substituents is 1. The maximum Gasteiger partial charge on any atom is 0.271 e. The van der Waals surface area contributed by atoms with E-state index in [1.165, 1.54) is 23.5 Å². The molecule has 6 nitrogen and oxygen atoms in total. The molecule has 0 fully saturated rings. The van der Waals surface area contributed by atoms with Gasteiger partial charge in [-0.15, -0.1) is 10.2 Å². The van der Waals surface area contributed by atoms with Gasteiger partial charge in [0, 0.05) is 22.2 Å². The first-order valence-corrected chi connectivity index (χ1v) is 7.62. The van der Waals surface area contributed by atoms with Crippen molar-refractivity contribution < 1.29 is 4.92 Å². The molecule has 0 amide bonds. The maximum atomic E-state index is 10.9. The molecule has 0 aliphatic rings. The number of nitro groups is 1. The normalized spacial score (nSPS) is 12.3. The number of hydrogen-bond acceptors (Lipinski definition) is 6. The van der Waals surface area contributed by atoms with E-state index in [1.807, 2.05) is 7.05 Å². The molecule has 0 bridgehead atoms. The van der Waals surface area contributed by atoms with Gasteiger partial charge in [0.1, 0.15) is 10.0 Å². The van der Waals surface area contributed by atoms with Crippen LogP contribution in [0.3, 0.4) is 0 Å². The average molecular weight is 357 g/mol. The molecule has 0 aliphatic heterocycles. The Morgan fingerprint density at radius 3 is 2.80 bits per heavy atom. The molecule has 0 radical (unpaired) electrons. The van der Waals surface area contributed by atoms with Crippen LogP contribution in [-0.2, 0) is 0 Å². The number of rotatable bonds is 5. The Morgan fingerprint density at radius 2 is 2.20 bits per heavy atom. The molecule has 1 N–H and O–H groups in total. The first-order valence-electron chi connectivity index (χ1n) is 6.01. The Morgan fingerprint density at radius 1 is 1.45 bits per heavy atom. The Kier molecular flexibility index (Phi) is 4.79. The van der Waals surface area contributed by atoms with Crippen molar-refractivity contribution in [2.45, 2.75) is 19.4 Å². The maximum absolute atomic E-state index is 10.9. The number of halogens is 1. The third-order valence-electron chi connectivity index (χ3n) is 2.84. The lowest BCUT2D eigenvalue weighted by atomic mass is 10.2. The molecule has 1 aromatic heterocycles. The van der Waals surface area contributed by atoms with E-state index < -0.39 is 4.92 Å². The van der Waals surface area contributed by atoms with Gasteiger partial charge in [0.05, 0.1) is 11.0 Å². The lowest BCUT2D eigenvalue weighted by Gasteiger charge is -2.08. The highest BCUT2D eigenvalue weighted by molar-refractivity contribution is 9.10. The Labute approximate surface area is 128 Å². The van der Waals surface area contributed by atoms with Gasteiger partial charge in [-0.3, -0.25) is 10.1 Å². The summed E-state index contributed by atoms with van der Waals surface area (Å²) in [5.74, 6) is 0. The fraction of sp³-hybridized carbons (Fsp3) is 0.333. The summed E-state index contributed by atoms with van der Waals surface area (Å²) in [6.07, 6.45) is 0.907. The molecule has 0 saturated carbocycles. The van der Waals surface area contributed by atoms with Crippen molar-refractivity contribution in [1.82, 2.24) is 15.5 Å². The minimum atomic E-state index is -0.418. The van der Waals surface area contributed by atoms with Crippen molar-refractivity contribution in [1.29, 1.82) is 0 Å². The van der Waals surface area contributed by atoms with E-state index >= 15 is 0 Å². The summed E-state index contributed by atoms with van der Waals surface area (Å²) in [5.41, 5.74) is 0.729. The van der Waals surface area contributed by atoms with E-state index in [0.717, 1.165) is 11.4 Å². The lowest BCUT2D eigenvalue weighted by Crippen LogP contribution is -2.14. The quantitative estimate of drug-likeness (QED) is 0.654. The van der Waals surface area contributed by atoms with E-state index in [-0.39, 0.29) is 11.7 Å². The molecular weight excluding hydrogens is 344 g/mol. The van der Waals surface area contributed by atoms with Crippen LogP contribution in [0, 0.1) is 10.1 Å². The fourth-order valence-electron chi connectivity index (χ4n) is 1.80. The van der Waals surface area contributed by atoms with Gasteiger partial charge in [0.15, 0.2) is 0 Å². The Hall–Kier alpha value is -1.38. The zero-order valence-corrected chi connectivity index (χ0v) is 13.4. The smallest absolute Gasteiger partial charge is 0.271 e. The molecule has 2 rings (SSSR count). The van der Waals surface area contributed by atoms with Crippen LogP contribution in [0.25, 0.3) is 10.6 Å². The summed E-state index contributed by atoms with van der Waals surface area (Å²) in [4.78, 5) is 10.5. The van der Waals surface area contributed by atoms with Gasteiger partial charge in [-0.2, -0.15) is 0 Å². The van der Waals surface area contributed by atoms with Crippen LogP contribution in [0.15, 0.2) is 22.7 Å². The zero-order valence-electron chi connectivity index (χ0n) is 11.0. The van der Waals surface area contributed by atoms with Crippen molar-refractivity contribution in [3.05, 3.63) is 37.8 Å². The number of hydrogen-bond donors (Lipinski definition) is 1. The van der Waals surface area contributed by atoms with Crippen LogP contribution in [-0.4, -0.2) is 22.2 Å². The van der Waals surface area contributed by atoms with Crippen molar-refractivity contribution in [3.63, 3.8) is 0 Å². The lowest BCUT2D eigenvalue weighted by molar-refractivity contribution is -0.384. The standard InChI is InChI=1S/C12H13BrN4O2S/c1-3-10(14-2)12-16-15-11(20-12)7-4-8(13)6-9(5-7)17(18)19/h4-6,10,14H,3H2,1-2H3. The van der Waals surface area contributed by atoms with Crippen LogP contribution in [0.4, 0.5) is 5.69 Å². The third-order valence-corrected chi connectivity index (χ3v) is 4.38. The van der Waals surface area contributed by atoms with Crippen LogP contribution in [0.2, 0.25) is 0 Å². The summed E-state index contributed by atoms with van der Waals surface area (Å²) in [7, 11) is 1.87. The molecule has 1 atom stereocenters. The van der Waals surface area contributed by atoms with Gasteiger partial charge < -0.3 is 5.32 Å². The molecule has 0 spiro atoms. The van der Waals surface area contributed by atoms with Crippen LogP contribution in [0.1, 0.15) is 24.4 Å². The summed E-state index contributed by atoms with van der Waals surface area (Å²) < 4.78 is 0.652. The van der Waals surface area contributed by atoms with Crippen molar-refractivity contribution in [2.24, 2.45) is 0 Å². The molecule has 0 aliphatic carbocycles. The minimum absolute atomic E-state index is 0.0341. The topological polar surface area (TPSA) is 81.0 Å². The molecular formula is C12H13BrN4O2S. The Bertz CT molecular complexity index is 628. The van der Waals surface area contributed by atoms with E-state index in [1.54, 1.807) is 6.07 Å². The third kappa shape index (κ3) is 3.20. The summed E-state index contributed by atoms with van der Waals surface area (Å²) in [6, 6.07) is 4.93. The molecule has 0 saturated heterocycles. The van der Waals surface area contributed by atoms with Crippen LogP contribution in [0.5, 0.6) is 0 Å². The monoisotopic (exact) mass is 356 g/mol. The van der Waals surface area contributed by atoms with Crippen molar-refractivity contribution in [3.8, 4) is 10.6 Å². The highest BCUT2D eigenvalue weighted by Gasteiger charge is 2.16. The molecule has 1 heterocycles. The predicted molar refractivity (Wildman–Crippen MR) is 81.8 cm³/mol. The fourth-order valence-corrected chi connectivity index (χ4v) is 3.30. The second-order valence-electron chi connectivity index (χ2n) is 4.15. The van der Waals surface area contributed by atoms with Gasteiger partial charge in [0.25, 0.3) is 5.69 Å². The second-order valence-corrected chi connectivity index (χ2v) is 6.07. The van der Waals surface area contributed by atoms with Crippen molar-refractivity contribution >= 4 is 33.0 Å². The Balaban J connectivity index is 2.39. The highest BCUT2D eigenvalue weighted by Crippen LogP contribution is 2.32. The first kappa shape index (κ1) is 15.0. The molecule has 20 heavy (non-hydrogen) atoms. The minimum Gasteiger partial charge on any atom is -0.311 e. The molecule has 1 aromatic carbocycles. The first-order chi connectivity index (χ1) is 9.55. The van der Waals surface area contributed by atoms with Crippen LogP contribution < -0.4 is 5.32 Å². The number of nitrogens with zero attached hydrogens (tertiary/aromatic N) is 3. The molecule has 1 unspecified atom stereocenters. The highest BCUT2D eigenvalue weighted by atomic mass is 79.9. The summed E-state index contributed by atoms with van der Waals surface area (Å²) in [5, 5.41) is 23.9. The van der Waals surface area contributed by atoms with Crippen molar-refractivity contribution in [2.75, 3.05) is 7.05 Å². The van der Waals surface area contributed by atoms with Gasteiger partial charge in [0.2, 0.25) is 0 Å². The van der Waals surface area contributed by atoms with Gasteiger partial charge in [-0.25, -0.2) is 0 Å². The molecule has 106 valence electrons.